The van der Waals surface area contributed by atoms with Gasteiger partial charge in [0.05, 0.1) is 24.3 Å². The number of fused-ring (bicyclic) bond motifs is 1. The fourth-order valence-corrected chi connectivity index (χ4v) is 4.22. The number of ether oxygens (including phenoxy) is 1. The number of methoxy groups -OCH3 is 1. The number of nitrogens with zero attached hydrogens (tertiary/aromatic N) is 6. The second-order valence-corrected chi connectivity index (χ2v) is 8.04. The molecule has 1 amide bonds. The van der Waals surface area contributed by atoms with Crippen LogP contribution in [0.1, 0.15) is 0 Å². The summed E-state index contributed by atoms with van der Waals surface area (Å²) in [7, 11) is 1.54. The molecule has 34 heavy (non-hydrogen) atoms. The fourth-order valence-electron chi connectivity index (χ4n) is 4.22. The average molecular weight is 457 g/mol. The molecule has 4 aromatic rings. The molecule has 1 saturated heterocycles. The molecule has 1 fully saturated rings. The van der Waals surface area contributed by atoms with Gasteiger partial charge in [0.2, 0.25) is 5.91 Å². The summed E-state index contributed by atoms with van der Waals surface area (Å²) in [6, 6.07) is 15.6. The topological polar surface area (TPSA) is 93.5 Å². The standard InChI is InChI=1S/C25H24N6O3/c1-34-25-26-14-18(15-27-25)19-6-3-5-9-22(19)29-10-12-30(13-11-29)23(32)16-31-17-28-21-8-4-2-7-20(21)24(31)33/h2-9,14-15,17H,10-13,16H2,1H3. The molecule has 2 aromatic carbocycles. The minimum Gasteiger partial charge on any atom is -0.467 e. The number of hydrogen-bond donors (Lipinski definition) is 0. The Labute approximate surface area is 196 Å². The van der Waals surface area contributed by atoms with E-state index in [0.717, 1.165) is 16.8 Å². The lowest BCUT2D eigenvalue weighted by Crippen LogP contribution is -2.50. The number of benzene rings is 2. The second-order valence-electron chi connectivity index (χ2n) is 8.04. The SMILES string of the molecule is COc1ncc(-c2ccccc2N2CCN(C(=O)Cn3cnc4ccccc4c3=O)CC2)cn1. The summed E-state index contributed by atoms with van der Waals surface area (Å²) in [6.45, 7) is 2.50. The predicted molar refractivity (Wildman–Crippen MR) is 129 cm³/mol. The van der Waals surface area contributed by atoms with Crippen LogP contribution >= 0.6 is 0 Å². The van der Waals surface area contributed by atoms with Gasteiger partial charge in [0.1, 0.15) is 6.54 Å². The van der Waals surface area contributed by atoms with Crippen LogP contribution in [0.2, 0.25) is 0 Å². The number of carbonyl (C=O) groups excluding carboxylic acids is 1. The average Bonchev–Trinajstić information content (AvgIpc) is 2.90. The molecule has 0 atom stereocenters. The van der Waals surface area contributed by atoms with E-state index in [1.165, 1.54) is 18.0 Å². The van der Waals surface area contributed by atoms with Gasteiger partial charge in [-0.1, -0.05) is 30.3 Å². The van der Waals surface area contributed by atoms with E-state index in [4.69, 9.17) is 4.74 Å². The van der Waals surface area contributed by atoms with Gasteiger partial charge in [-0.15, -0.1) is 0 Å². The number of amides is 1. The van der Waals surface area contributed by atoms with E-state index < -0.39 is 0 Å². The summed E-state index contributed by atoms with van der Waals surface area (Å²) < 4.78 is 6.45. The Hall–Kier alpha value is -4.27. The first kappa shape index (κ1) is 21.6. The molecular formula is C25H24N6O3. The highest BCUT2D eigenvalue weighted by Crippen LogP contribution is 2.31. The van der Waals surface area contributed by atoms with Gasteiger partial charge in [-0.2, -0.15) is 0 Å². The molecule has 0 unspecified atom stereocenters. The first-order valence-electron chi connectivity index (χ1n) is 11.1. The maximum Gasteiger partial charge on any atom is 0.316 e. The first-order valence-corrected chi connectivity index (χ1v) is 11.1. The maximum atomic E-state index is 12.9. The normalized spacial score (nSPS) is 13.8. The van der Waals surface area contributed by atoms with Crippen molar-refractivity contribution in [3.8, 4) is 17.1 Å². The minimum absolute atomic E-state index is 0.0174. The third kappa shape index (κ3) is 4.19. The van der Waals surface area contributed by atoms with Gasteiger partial charge in [0.15, 0.2) is 0 Å². The van der Waals surface area contributed by atoms with Crippen LogP contribution in [-0.4, -0.2) is 63.6 Å². The molecule has 0 spiro atoms. The highest BCUT2D eigenvalue weighted by molar-refractivity contribution is 5.80. The summed E-state index contributed by atoms with van der Waals surface area (Å²) in [5.41, 5.74) is 3.43. The van der Waals surface area contributed by atoms with Crippen molar-refractivity contribution in [1.29, 1.82) is 0 Å². The van der Waals surface area contributed by atoms with E-state index in [0.29, 0.717) is 43.1 Å². The monoisotopic (exact) mass is 456 g/mol. The second kappa shape index (κ2) is 9.30. The number of anilines is 1. The number of piperazine rings is 1. The lowest BCUT2D eigenvalue weighted by molar-refractivity contribution is -0.132. The van der Waals surface area contributed by atoms with Crippen LogP contribution in [0.15, 0.2) is 72.0 Å². The molecular weight excluding hydrogens is 432 g/mol. The molecule has 0 N–H and O–H groups in total. The van der Waals surface area contributed by atoms with Gasteiger partial charge in [-0.3, -0.25) is 14.2 Å². The lowest BCUT2D eigenvalue weighted by Gasteiger charge is -2.37. The Balaban J connectivity index is 1.28. The van der Waals surface area contributed by atoms with Gasteiger partial charge in [-0.05, 0) is 18.2 Å². The van der Waals surface area contributed by atoms with Crippen molar-refractivity contribution in [2.45, 2.75) is 6.54 Å². The zero-order chi connectivity index (χ0) is 23.5. The molecule has 5 rings (SSSR count). The number of carbonyl (C=O) groups is 1. The van der Waals surface area contributed by atoms with Crippen molar-refractivity contribution in [2.75, 3.05) is 38.2 Å². The Morgan fingerprint density at radius 3 is 2.41 bits per heavy atom. The number of rotatable bonds is 5. The Bertz CT molecular complexity index is 1380. The van der Waals surface area contributed by atoms with E-state index in [-0.39, 0.29) is 18.0 Å². The molecule has 1 aliphatic rings. The van der Waals surface area contributed by atoms with E-state index in [1.807, 2.05) is 24.3 Å². The number of hydrogen-bond acceptors (Lipinski definition) is 7. The summed E-state index contributed by atoms with van der Waals surface area (Å²) in [5, 5.41) is 0.515. The van der Waals surface area contributed by atoms with Gasteiger partial charge in [0, 0.05) is 55.4 Å². The summed E-state index contributed by atoms with van der Waals surface area (Å²) >= 11 is 0. The molecule has 172 valence electrons. The van der Waals surface area contributed by atoms with E-state index in [2.05, 4.69) is 25.9 Å². The van der Waals surface area contributed by atoms with Crippen molar-refractivity contribution in [3.63, 3.8) is 0 Å². The van der Waals surface area contributed by atoms with E-state index in [9.17, 15) is 9.59 Å². The highest BCUT2D eigenvalue weighted by atomic mass is 16.5. The maximum absolute atomic E-state index is 12.9. The predicted octanol–water partition coefficient (Wildman–Crippen LogP) is 2.21. The molecule has 0 saturated carbocycles. The van der Waals surface area contributed by atoms with Crippen LogP contribution in [0.25, 0.3) is 22.0 Å². The fraction of sp³-hybridized carbons (Fsp3) is 0.240. The molecule has 0 radical (unpaired) electrons. The van der Waals surface area contributed by atoms with Crippen molar-refractivity contribution in [1.82, 2.24) is 24.4 Å². The van der Waals surface area contributed by atoms with E-state index >= 15 is 0 Å². The molecule has 0 aliphatic carbocycles. The Kier molecular flexibility index (Phi) is 5.90. The smallest absolute Gasteiger partial charge is 0.316 e. The number of aromatic nitrogens is 4. The Morgan fingerprint density at radius 2 is 1.65 bits per heavy atom. The van der Waals surface area contributed by atoms with Crippen LogP contribution < -0.4 is 15.2 Å². The van der Waals surface area contributed by atoms with Crippen molar-refractivity contribution < 1.29 is 9.53 Å². The van der Waals surface area contributed by atoms with Gasteiger partial charge >= 0.3 is 6.01 Å². The van der Waals surface area contributed by atoms with Crippen LogP contribution in [-0.2, 0) is 11.3 Å². The number of para-hydroxylation sites is 2. The van der Waals surface area contributed by atoms with Crippen LogP contribution in [0.5, 0.6) is 6.01 Å². The van der Waals surface area contributed by atoms with E-state index in [1.54, 1.807) is 35.5 Å². The zero-order valence-corrected chi connectivity index (χ0v) is 18.8. The molecule has 2 aromatic heterocycles. The van der Waals surface area contributed by atoms with Gasteiger partial charge in [0.25, 0.3) is 5.56 Å². The Morgan fingerprint density at radius 1 is 0.941 bits per heavy atom. The van der Waals surface area contributed by atoms with Gasteiger partial charge in [-0.25, -0.2) is 15.0 Å². The minimum atomic E-state index is -0.201. The summed E-state index contributed by atoms with van der Waals surface area (Å²) in [6.07, 6.45) is 4.95. The highest BCUT2D eigenvalue weighted by Gasteiger charge is 2.23. The van der Waals surface area contributed by atoms with Crippen LogP contribution in [0.4, 0.5) is 5.69 Å². The summed E-state index contributed by atoms with van der Waals surface area (Å²) in [5.74, 6) is -0.0873. The third-order valence-electron chi connectivity index (χ3n) is 6.04. The van der Waals surface area contributed by atoms with Gasteiger partial charge < -0.3 is 14.5 Å². The molecule has 3 heterocycles. The summed E-state index contributed by atoms with van der Waals surface area (Å²) in [4.78, 5) is 42.5. The molecule has 9 heteroatoms. The van der Waals surface area contributed by atoms with Crippen molar-refractivity contribution in [2.24, 2.45) is 0 Å². The van der Waals surface area contributed by atoms with Crippen molar-refractivity contribution >= 4 is 22.5 Å². The van der Waals surface area contributed by atoms with Crippen molar-refractivity contribution in [3.05, 3.63) is 77.6 Å². The third-order valence-corrected chi connectivity index (χ3v) is 6.04. The quantitative estimate of drug-likeness (QED) is 0.455. The lowest BCUT2D eigenvalue weighted by atomic mass is 10.1. The molecule has 0 bridgehead atoms. The first-order chi connectivity index (χ1) is 16.6. The molecule has 1 aliphatic heterocycles. The zero-order valence-electron chi connectivity index (χ0n) is 18.8. The molecule has 9 nitrogen and oxygen atoms in total. The van der Waals surface area contributed by atoms with Crippen LogP contribution in [0, 0.1) is 0 Å². The van der Waals surface area contributed by atoms with Crippen LogP contribution in [0.3, 0.4) is 0 Å². The largest absolute Gasteiger partial charge is 0.467 e.